The van der Waals surface area contributed by atoms with Crippen LogP contribution < -0.4 is 10.6 Å². The van der Waals surface area contributed by atoms with Crippen molar-refractivity contribution >= 4 is 23.2 Å². The van der Waals surface area contributed by atoms with Crippen molar-refractivity contribution in [3.8, 4) is 0 Å². The van der Waals surface area contributed by atoms with E-state index < -0.39 is 0 Å². The van der Waals surface area contributed by atoms with Crippen LogP contribution in [0.3, 0.4) is 0 Å². The van der Waals surface area contributed by atoms with E-state index in [2.05, 4.69) is 10.6 Å². The molecule has 0 heterocycles. The Labute approximate surface area is 108 Å². The van der Waals surface area contributed by atoms with Crippen LogP contribution in [0.25, 0.3) is 0 Å². The van der Waals surface area contributed by atoms with Gasteiger partial charge in [-0.05, 0) is 37.1 Å². The van der Waals surface area contributed by atoms with Gasteiger partial charge in [0.25, 0.3) is 0 Å². The molecule has 0 unspecified atom stereocenters. The number of hydrogen-bond donors (Lipinski definition) is 2. The maximum Gasteiger partial charge on any atom is 0.227 e. The Balaban J connectivity index is 2.78. The summed E-state index contributed by atoms with van der Waals surface area (Å²) in [6, 6.07) is 5.44. The number of carbonyl (C=O) groups is 2. The molecule has 2 N–H and O–H groups in total. The van der Waals surface area contributed by atoms with Gasteiger partial charge in [0.05, 0.1) is 0 Å². The quantitative estimate of drug-likeness (QED) is 0.860. The Morgan fingerprint density at radius 2 is 1.94 bits per heavy atom. The molecule has 1 aromatic rings. The molecular weight excluding hydrogens is 228 g/mol. The van der Waals surface area contributed by atoms with E-state index in [0.29, 0.717) is 0 Å². The van der Waals surface area contributed by atoms with Crippen molar-refractivity contribution in [2.45, 2.75) is 34.1 Å². The van der Waals surface area contributed by atoms with Crippen LogP contribution in [0.1, 0.15) is 32.8 Å². The van der Waals surface area contributed by atoms with Crippen LogP contribution in [-0.4, -0.2) is 11.8 Å². The average molecular weight is 248 g/mol. The van der Waals surface area contributed by atoms with E-state index in [4.69, 9.17) is 0 Å². The summed E-state index contributed by atoms with van der Waals surface area (Å²) in [5, 5.41) is 5.60. The molecule has 4 heteroatoms. The van der Waals surface area contributed by atoms with Gasteiger partial charge in [-0.2, -0.15) is 0 Å². The first kappa shape index (κ1) is 14.2. The minimum absolute atomic E-state index is 0.000303. The first-order chi connectivity index (χ1) is 8.43. The summed E-state index contributed by atoms with van der Waals surface area (Å²) >= 11 is 0. The maximum atomic E-state index is 11.7. The topological polar surface area (TPSA) is 58.2 Å². The Morgan fingerprint density at radius 1 is 1.28 bits per heavy atom. The first-order valence-corrected chi connectivity index (χ1v) is 6.13. The van der Waals surface area contributed by atoms with Crippen LogP contribution in [-0.2, 0) is 9.59 Å². The third-order valence-corrected chi connectivity index (χ3v) is 2.86. The van der Waals surface area contributed by atoms with E-state index in [-0.39, 0.29) is 17.7 Å². The second kappa shape index (κ2) is 6.19. The molecule has 1 atom stereocenters. The molecule has 0 aliphatic heterocycles. The monoisotopic (exact) mass is 248 g/mol. The zero-order chi connectivity index (χ0) is 13.7. The van der Waals surface area contributed by atoms with Gasteiger partial charge in [0, 0.05) is 24.2 Å². The fraction of sp³-hybridized carbons (Fsp3) is 0.429. The van der Waals surface area contributed by atoms with Crippen molar-refractivity contribution in [1.29, 1.82) is 0 Å². The molecule has 0 aliphatic carbocycles. The van der Waals surface area contributed by atoms with E-state index in [1.165, 1.54) is 6.92 Å². The Kier molecular flexibility index (Phi) is 4.89. The molecule has 0 aliphatic rings. The predicted molar refractivity (Wildman–Crippen MR) is 73.6 cm³/mol. The molecule has 2 amide bonds. The number of hydrogen-bond acceptors (Lipinski definition) is 2. The molecular formula is C14H20N2O2. The number of aryl methyl sites for hydroxylation is 1. The lowest BCUT2D eigenvalue weighted by Gasteiger charge is -2.12. The summed E-state index contributed by atoms with van der Waals surface area (Å²) < 4.78 is 0. The summed E-state index contributed by atoms with van der Waals surface area (Å²) in [6.07, 6.45) is 0.814. The van der Waals surface area contributed by atoms with Crippen LogP contribution in [0.2, 0.25) is 0 Å². The van der Waals surface area contributed by atoms with Gasteiger partial charge in [0.15, 0.2) is 0 Å². The highest BCUT2D eigenvalue weighted by atomic mass is 16.2. The number of amides is 2. The maximum absolute atomic E-state index is 11.7. The van der Waals surface area contributed by atoms with Gasteiger partial charge >= 0.3 is 0 Å². The molecule has 0 fully saturated rings. The molecule has 0 saturated heterocycles. The first-order valence-electron chi connectivity index (χ1n) is 6.13. The van der Waals surface area contributed by atoms with Crippen molar-refractivity contribution in [3.05, 3.63) is 23.8 Å². The largest absolute Gasteiger partial charge is 0.326 e. The van der Waals surface area contributed by atoms with E-state index in [9.17, 15) is 9.59 Å². The van der Waals surface area contributed by atoms with Crippen LogP contribution >= 0.6 is 0 Å². The van der Waals surface area contributed by atoms with Crippen molar-refractivity contribution in [1.82, 2.24) is 0 Å². The van der Waals surface area contributed by atoms with E-state index in [0.717, 1.165) is 23.4 Å². The van der Waals surface area contributed by atoms with Gasteiger partial charge < -0.3 is 10.6 Å². The molecule has 0 bridgehead atoms. The number of carbonyl (C=O) groups excluding carboxylic acids is 2. The van der Waals surface area contributed by atoms with E-state index in [1.54, 1.807) is 12.1 Å². The average Bonchev–Trinajstić information content (AvgIpc) is 2.31. The van der Waals surface area contributed by atoms with Gasteiger partial charge in [-0.1, -0.05) is 13.8 Å². The molecule has 0 saturated carbocycles. The lowest BCUT2D eigenvalue weighted by atomic mass is 10.1. The Hall–Kier alpha value is -1.84. The highest BCUT2D eigenvalue weighted by Gasteiger charge is 2.11. The van der Waals surface area contributed by atoms with Gasteiger partial charge in [0.1, 0.15) is 0 Å². The summed E-state index contributed by atoms with van der Waals surface area (Å²) in [7, 11) is 0. The summed E-state index contributed by atoms with van der Waals surface area (Å²) in [5.74, 6) is -0.0843. The van der Waals surface area contributed by atoms with E-state index >= 15 is 0 Å². The third-order valence-electron chi connectivity index (χ3n) is 2.86. The summed E-state index contributed by atoms with van der Waals surface area (Å²) in [6.45, 7) is 7.24. The second-order valence-corrected chi connectivity index (χ2v) is 4.51. The van der Waals surface area contributed by atoms with Crippen molar-refractivity contribution in [2.75, 3.05) is 10.6 Å². The smallest absolute Gasteiger partial charge is 0.227 e. The molecule has 98 valence electrons. The number of anilines is 2. The zero-order valence-electron chi connectivity index (χ0n) is 11.3. The molecule has 18 heavy (non-hydrogen) atoms. The molecule has 1 rings (SSSR count). The Morgan fingerprint density at radius 3 is 2.44 bits per heavy atom. The van der Waals surface area contributed by atoms with Gasteiger partial charge in [0.2, 0.25) is 11.8 Å². The van der Waals surface area contributed by atoms with Gasteiger partial charge in [-0.3, -0.25) is 9.59 Å². The van der Waals surface area contributed by atoms with Crippen molar-refractivity contribution in [3.63, 3.8) is 0 Å². The minimum Gasteiger partial charge on any atom is -0.326 e. The van der Waals surface area contributed by atoms with Crippen LogP contribution in [0, 0.1) is 12.8 Å². The van der Waals surface area contributed by atoms with E-state index in [1.807, 2.05) is 26.8 Å². The fourth-order valence-electron chi connectivity index (χ4n) is 1.52. The molecule has 0 spiro atoms. The summed E-state index contributed by atoms with van der Waals surface area (Å²) in [4.78, 5) is 22.7. The SMILES string of the molecule is CC[C@H](C)C(=O)Nc1ccc(NC(C)=O)c(C)c1. The zero-order valence-corrected chi connectivity index (χ0v) is 11.3. The normalized spacial score (nSPS) is 11.8. The lowest BCUT2D eigenvalue weighted by Crippen LogP contribution is -2.19. The molecule has 0 aromatic heterocycles. The molecule has 4 nitrogen and oxygen atoms in total. The second-order valence-electron chi connectivity index (χ2n) is 4.51. The third kappa shape index (κ3) is 3.87. The molecule has 1 aromatic carbocycles. The Bertz CT molecular complexity index is 455. The van der Waals surface area contributed by atoms with Crippen molar-refractivity contribution < 1.29 is 9.59 Å². The van der Waals surface area contributed by atoms with Crippen molar-refractivity contribution in [2.24, 2.45) is 5.92 Å². The van der Waals surface area contributed by atoms with Crippen LogP contribution in [0.15, 0.2) is 18.2 Å². The van der Waals surface area contributed by atoms with Crippen LogP contribution in [0.5, 0.6) is 0 Å². The number of rotatable bonds is 4. The minimum atomic E-state index is -0.102. The summed E-state index contributed by atoms with van der Waals surface area (Å²) in [5.41, 5.74) is 2.45. The van der Waals surface area contributed by atoms with Crippen LogP contribution in [0.4, 0.5) is 11.4 Å². The highest BCUT2D eigenvalue weighted by molar-refractivity contribution is 5.93. The van der Waals surface area contributed by atoms with Gasteiger partial charge in [-0.25, -0.2) is 0 Å². The highest BCUT2D eigenvalue weighted by Crippen LogP contribution is 2.20. The fourth-order valence-corrected chi connectivity index (χ4v) is 1.52. The predicted octanol–water partition coefficient (Wildman–Crippen LogP) is 2.94. The molecule has 0 radical (unpaired) electrons. The number of benzene rings is 1. The lowest BCUT2D eigenvalue weighted by molar-refractivity contribution is -0.119. The standard InChI is InChI=1S/C14H20N2O2/c1-5-9(2)14(18)16-12-6-7-13(10(3)8-12)15-11(4)17/h6-9H,5H2,1-4H3,(H,15,17)(H,16,18)/t9-/m0/s1. The number of nitrogens with one attached hydrogen (secondary N) is 2. The van der Waals surface area contributed by atoms with Gasteiger partial charge in [-0.15, -0.1) is 0 Å².